The summed E-state index contributed by atoms with van der Waals surface area (Å²) in [4.78, 5) is 0. The molecular weight excluding hydrogens is 237 g/mol. The van der Waals surface area contributed by atoms with Crippen LogP contribution in [0.1, 0.15) is 25.0 Å². The maximum Gasteiger partial charge on any atom is 0.131 e. The molecule has 0 fully saturated rings. The van der Waals surface area contributed by atoms with Crippen molar-refractivity contribution in [3.8, 4) is 11.1 Å². The van der Waals surface area contributed by atoms with Gasteiger partial charge >= 0.3 is 0 Å². The van der Waals surface area contributed by atoms with E-state index in [9.17, 15) is 4.39 Å². The average molecular weight is 257 g/mol. The van der Waals surface area contributed by atoms with Crippen LogP contribution in [0.25, 0.3) is 11.1 Å². The second-order valence-corrected chi connectivity index (χ2v) is 5.22. The molecule has 19 heavy (non-hydrogen) atoms. The Morgan fingerprint density at radius 2 is 1.74 bits per heavy atom. The Morgan fingerprint density at radius 3 is 2.37 bits per heavy atom. The fourth-order valence-electron chi connectivity index (χ4n) is 1.96. The number of rotatable bonds is 4. The first-order valence-corrected chi connectivity index (χ1v) is 6.65. The summed E-state index contributed by atoms with van der Waals surface area (Å²) in [5.41, 5.74) is 3.88. The third-order valence-electron chi connectivity index (χ3n) is 3.11. The lowest BCUT2D eigenvalue weighted by Gasteiger charge is -2.10. The van der Waals surface area contributed by atoms with Crippen LogP contribution in [0.5, 0.6) is 0 Å². The molecule has 0 saturated carbocycles. The van der Waals surface area contributed by atoms with E-state index in [1.54, 1.807) is 6.07 Å². The average Bonchev–Trinajstić information content (AvgIpc) is 2.39. The van der Waals surface area contributed by atoms with Gasteiger partial charge in [-0.15, -0.1) is 0 Å². The quantitative estimate of drug-likeness (QED) is 0.861. The minimum atomic E-state index is -0.169. The molecule has 2 aromatic rings. The van der Waals surface area contributed by atoms with Crippen LogP contribution in [-0.4, -0.2) is 6.04 Å². The number of nitrogens with one attached hydrogen (secondary N) is 1. The second kappa shape index (κ2) is 5.98. The highest BCUT2D eigenvalue weighted by molar-refractivity contribution is 5.65. The van der Waals surface area contributed by atoms with Crippen molar-refractivity contribution in [1.29, 1.82) is 0 Å². The van der Waals surface area contributed by atoms with Crippen molar-refractivity contribution in [2.45, 2.75) is 33.4 Å². The van der Waals surface area contributed by atoms with Crippen molar-refractivity contribution in [1.82, 2.24) is 5.32 Å². The third-order valence-corrected chi connectivity index (χ3v) is 3.11. The first-order chi connectivity index (χ1) is 9.06. The number of hydrogen-bond acceptors (Lipinski definition) is 1. The fraction of sp³-hybridized carbons (Fsp3) is 0.294. The topological polar surface area (TPSA) is 12.0 Å². The summed E-state index contributed by atoms with van der Waals surface area (Å²) in [5, 5.41) is 3.35. The molecule has 1 N–H and O–H groups in total. The molecule has 2 rings (SSSR count). The molecule has 0 aliphatic rings. The summed E-state index contributed by atoms with van der Waals surface area (Å²) >= 11 is 0. The first kappa shape index (κ1) is 13.8. The first-order valence-electron chi connectivity index (χ1n) is 6.65. The van der Waals surface area contributed by atoms with E-state index in [1.807, 2.05) is 43.3 Å². The molecule has 0 aliphatic heterocycles. The molecule has 0 spiro atoms. The molecule has 100 valence electrons. The molecule has 0 bridgehead atoms. The van der Waals surface area contributed by atoms with Gasteiger partial charge in [0, 0.05) is 18.2 Å². The molecule has 0 aromatic heterocycles. The maximum absolute atomic E-state index is 13.9. The largest absolute Gasteiger partial charge is 0.310 e. The fourth-order valence-corrected chi connectivity index (χ4v) is 1.96. The highest BCUT2D eigenvalue weighted by Crippen LogP contribution is 2.24. The molecule has 0 aliphatic carbocycles. The van der Waals surface area contributed by atoms with Crippen molar-refractivity contribution >= 4 is 0 Å². The summed E-state index contributed by atoms with van der Waals surface area (Å²) in [5.74, 6) is -0.169. The van der Waals surface area contributed by atoms with Gasteiger partial charge in [0.1, 0.15) is 5.82 Å². The lowest BCUT2D eigenvalue weighted by molar-refractivity contribution is 0.586. The maximum atomic E-state index is 13.9. The molecule has 2 aromatic carbocycles. The monoisotopic (exact) mass is 257 g/mol. The normalized spacial score (nSPS) is 11.0. The molecule has 0 unspecified atom stereocenters. The Balaban J connectivity index is 2.29. The standard InChI is InChI=1S/C17H20FN/c1-12(2)19-11-14-6-9-17(18)16(10-14)15-7-4-13(3)5-8-15/h4-10,12,19H,11H2,1-3H3. The van der Waals surface area contributed by atoms with Gasteiger partial charge in [-0.3, -0.25) is 0 Å². The summed E-state index contributed by atoms with van der Waals surface area (Å²) in [6.45, 7) is 6.99. The Kier molecular flexibility index (Phi) is 4.33. The van der Waals surface area contributed by atoms with E-state index >= 15 is 0 Å². The van der Waals surface area contributed by atoms with E-state index in [0.717, 1.165) is 17.7 Å². The molecule has 0 amide bonds. The van der Waals surface area contributed by atoms with Crippen LogP contribution in [0.4, 0.5) is 4.39 Å². The van der Waals surface area contributed by atoms with E-state index in [2.05, 4.69) is 19.2 Å². The molecule has 1 nitrogen and oxygen atoms in total. The minimum absolute atomic E-state index is 0.169. The second-order valence-electron chi connectivity index (χ2n) is 5.22. The van der Waals surface area contributed by atoms with Gasteiger partial charge in [-0.05, 0) is 30.2 Å². The van der Waals surface area contributed by atoms with Crippen molar-refractivity contribution in [3.05, 3.63) is 59.4 Å². The van der Waals surface area contributed by atoms with E-state index in [-0.39, 0.29) is 5.82 Å². The highest BCUT2D eigenvalue weighted by Gasteiger charge is 2.06. The summed E-state index contributed by atoms with van der Waals surface area (Å²) in [6.07, 6.45) is 0. The Morgan fingerprint density at radius 1 is 1.05 bits per heavy atom. The van der Waals surface area contributed by atoms with Crippen LogP contribution in [0, 0.1) is 12.7 Å². The van der Waals surface area contributed by atoms with E-state index in [4.69, 9.17) is 0 Å². The summed E-state index contributed by atoms with van der Waals surface area (Å²) in [6, 6.07) is 13.7. The van der Waals surface area contributed by atoms with Crippen molar-refractivity contribution in [2.75, 3.05) is 0 Å². The molecule has 0 saturated heterocycles. The molecular formula is C17H20FN. The van der Waals surface area contributed by atoms with Crippen molar-refractivity contribution < 1.29 is 4.39 Å². The number of benzene rings is 2. The molecule has 2 heteroatoms. The van der Waals surface area contributed by atoms with Gasteiger partial charge in [0.25, 0.3) is 0 Å². The van der Waals surface area contributed by atoms with Gasteiger partial charge in [0.15, 0.2) is 0 Å². The summed E-state index contributed by atoms with van der Waals surface area (Å²) in [7, 11) is 0. The number of aryl methyl sites for hydroxylation is 1. The van der Waals surface area contributed by atoms with Gasteiger partial charge in [0.2, 0.25) is 0 Å². The van der Waals surface area contributed by atoms with Gasteiger partial charge in [-0.25, -0.2) is 4.39 Å². The predicted octanol–water partition coefficient (Wildman–Crippen LogP) is 4.30. The van der Waals surface area contributed by atoms with Crippen molar-refractivity contribution in [3.63, 3.8) is 0 Å². The predicted molar refractivity (Wildman–Crippen MR) is 78.5 cm³/mol. The zero-order chi connectivity index (χ0) is 13.8. The van der Waals surface area contributed by atoms with Crippen LogP contribution < -0.4 is 5.32 Å². The van der Waals surface area contributed by atoms with Crippen LogP contribution in [0.3, 0.4) is 0 Å². The van der Waals surface area contributed by atoms with Crippen LogP contribution in [0.2, 0.25) is 0 Å². The molecule has 0 atom stereocenters. The minimum Gasteiger partial charge on any atom is -0.310 e. The Bertz CT molecular complexity index is 544. The zero-order valence-electron chi connectivity index (χ0n) is 11.7. The smallest absolute Gasteiger partial charge is 0.131 e. The van der Waals surface area contributed by atoms with Gasteiger partial charge in [-0.1, -0.05) is 49.7 Å². The van der Waals surface area contributed by atoms with Gasteiger partial charge < -0.3 is 5.32 Å². The molecule has 0 heterocycles. The van der Waals surface area contributed by atoms with Crippen LogP contribution in [0.15, 0.2) is 42.5 Å². The lowest BCUT2D eigenvalue weighted by Crippen LogP contribution is -2.21. The Hall–Kier alpha value is -1.67. The SMILES string of the molecule is Cc1ccc(-c2cc(CNC(C)C)ccc2F)cc1. The number of halogens is 1. The van der Waals surface area contributed by atoms with E-state index in [0.29, 0.717) is 11.6 Å². The lowest BCUT2D eigenvalue weighted by atomic mass is 10.0. The Labute approximate surface area is 114 Å². The summed E-state index contributed by atoms with van der Waals surface area (Å²) < 4.78 is 13.9. The van der Waals surface area contributed by atoms with Gasteiger partial charge in [-0.2, -0.15) is 0 Å². The van der Waals surface area contributed by atoms with Gasteiger partial charge in [0.05, 0.1) is 0 Å². The third kappa shape index (κ3) is 3.65. The van der Waals surface area contributed by atoms with Crippen LogP contribution >= 0.6 is 0 Å². The highest BCUT2D eigenvalue weighted by atomic mass is 19.1. The van der Waals surface area contributed by atoms with E-state index in [1.165, 1.54) is 5.56 Å². The number of hydrogen-bond donors (Lipinski definition) is 1. The van der Waals surface area contributed by atoms with Crippen molar-refractivity contribution in [2.24, 2.45) is 0 Å². The molecule has 0 radical (unpaired) electrons. The van der Waals surface area contributed by atoms with E-state index < -0.39 is 0 Å². The van der Waals surface area contributed by atoms with Crippen LogP contribution in [-0.2, 0) is 6.54 Å². The zero-order valence-corrected chi connectivity index (χ0v) is 11.7.